The third-order valence-electron chi connectivity index (χ3n) is 3.73. The largest absolute Gasteiger partial charge is 0.361 e. The Labute approximate surface area is 137 Å². The van der Waals surface area contributed by atoms with Gasteiger partial charge in [0.15, 0.2) is 0 Å². The van der Waals surface area contributed by atoms with Crippen molar-refractivity contribution < 1.29 is 4.92 Å². The first-order chi connectivity index (χ1) is 11.1. The summed E-state index contributed by atoms with van der Waals surface area (Å²) in [6, 6.07) is 9.29. The molecule has 2 heterocycles. The molecule has 0 unspecified atom stereocenters. The number of aromatic nitrogens is 2. The van der Waals surface area contributed by atoms with E-state index in [0.717, 1.165) is 16.5 Å². The maximum atomic E-state index is 11.3. The van der Waals surface area contributed by atoms with Crippen LogP contribution in [0, 0.1) is 10.1 Å². The number of hydrogen-bond donors (Lipinski definition) is 1. The Morgan fingerprint density at radius 2 is 2.17 bits per heavy atom. The molecule has 0 saturated carbocycles. The second kappa shape index (κ2) is 6.26. The number of benzene rings is 1. The average Bonchev–Trinajstić information content (AvgIpc) is 2.96. The normalized spacial score (nSPS) is 10.9. The van der Waals surface area contributed by atoms with E-state index >= 15 is 0 Å². The van der Waals surface area contributed by atoms with Crippen molar-refractivity contribution in [2.24, 2.45) is 0 Å². The lowest BCUT2D eigenvalue weighted by Crippen LogP contribution is -2.24. The molecule has 0 atom stereocenters. The first kappa shape index (κ1) is 15.3. The number of nitro groups is 1. The van der Waals surface area contributed by atoms with Crippen LogP contribution in [0.25, 0.3) is 10.9 Å². The molecule has 118 valence electrons. The number of para-hydroxylation sites is 1. The molecule has 0 aliphatic carbocycles. The summed E-state index contributed by atoms with van der Waals surface area (Å²) < 4.78 is 0. The number of hydrogen-bond acceptors (Lipinski definition) is 4. The summed E-state index contributed by atoms with van der Waals surface area (Å²) in [5.41, 5.74) is 2.02. The van der Waals surface area contributed by atoms with Crippen LogP contribution in [0.15, 0.2) is 42.7 Å². The van der Waals surface area contributed by atoms with Gasteiger partial charge in [0.05, 0.1) is 9.95 Å². The summed E-state index contributed by atoms with van der Waals surface area (Å²) in [7, 11) is 0. The van der Waals surface area contributed by atoms with E-state index in [-0.39, 0.29) is 10.7 Å². The van der Waals surface area contributed by atoms with Gasteiger partial charge in [0.2, 0.25) is 5.82 Å². The molecule has 23 heavy (non-hydrogen) atoms. The number of anilines is 1. The van der Waals surface area contributed by atoms with Crippen LogP contribution in [0.5, 0.6) is 0 Å². The first-order valence-corrected chi connectivity index (χ1v) is 7.57. The Morgan fingerprint density at radius 3 is 2.91 bits per heavy atom. The minimum Gasteiger partial charge on any atom is -0.361 e. The molecule has 3 aromatic rings. The highest BCUT2D eigenvalue weighted by Crippen LogP contribution is 2.30. The second-order valence-corrected chi connectivity index (χ2v) is 5.56. The molecule has 0 amide bonds. The predicted molar refractivity (Wildman–Crippen MR) is 90.9 cm³/mol. The van der Waals surface area contributed by atoms with E-state index in [9.17, 15) is 10.1 Å². The summed E-state index contributed by atoms with van der Waals surface area (Å²) in [5, 5.41) is 12.6. The highest BCUT2D eigenvalue weighted by Gasteiger charge is 2.21. The third kappa shape index (κ3) is 2.98. The van der Waals surface area contributed by atoms with Gasteiger partial charge in [0, 0.05) is 42.5 Å². The SMILES string of the molecule is CCN(Cc1c[nH]c2ccccc12)c1ncc(Cl)cc1[N+](=O)[O-]. The average molecular weight is 331 g/mol. The lowest BCUT2D eigenvalue weighted by Gasteiger charge is -2.21. The van der Waals surface area contributed by atoms with Gasteiger partial charge in [0.1, 0.15) is 0 Å². The minimum absolute atomic E-state index is 0.0841. The Morgan fingerprint density at radius 1 is 1.39 bits per heavy atom. The number of pyridine rings is 1. The lowest BCUT2D eigenvalue weighted by atomic mass is 10.1. The predicted octanol–water partition coefficient (Wildman–Crippen LogP) is 4.15. The molecule has 7 heteroatoms. The molecular formula is C16H15ClN4O2. The molecule has 6 nitrogen and oxygen atoms in total. The molecule has 0 fully saturated rings. The van der Waals surface area contributed by atoms with Crippen LogP contribution in [0.2, 0.25) is 5.02 Å². The van der Waals surface area contributed by atoms with Crippen LogP contribution in [-0.4, -0.2) is 21.4 Å². The molecule has 0 radical (unpaired) electrons. The van der Waals surface area contributed by atoms with Crippen molar-refractivity contribution in [2.75, 3.05) is 11.4 Å². The number of fused-ring (bicyclic) bond motifs is 1. The highest BCUT2D eigenvalue weighted by atomic mass is 35.5. The van der Waals surface area contributed by atoms with E-state index in [4.69, 9.17) is 11.6 Å². The topological polar surface area (TPSA) is 75.1 Å². The molecule has 1 aromatic carbocycles. The Hall–Kier alpha value is -2.60. The quantitative estimate of drug-likeness (QED) is 0.563. The second-order valence-electron chi connectivity index (χ2n) is 5.13. The zero-order chi connectivity index (χ0) is 16.4. The van der Waals surface area contributed by atoms with Crippen molar-refractivity contribution in [2.45, 2.75) is 13.5 Å². The summed E-state index contributed by atoms with van der Waals surface area (Å²) in [5.74, 6) is 0.326. The van der Waals surface area contributed by atoms with Crippen LogP contribution in [0.1, 0.15) is 12.5 Å². The zero-order valence-electron chi connectivity index (χ0n) is 12.5. The summed E-state index contributed by atoms with van der Waals surface area (Å²) in [4.78, 5) is 20.1. The van der Waals surface area contributed by atoms with Gasteiger partial charge in [0.25, 0.3) is 0 Å². The van der Waals surface area contributed by atoms with Crippen LogP contribution in [0.3, 0.4) is 0 Å². The van der Waals surface area contributed by atoms with Crippen LogP contribution in [0.4, 0.5) is 11.5 Å². The minimum atomic E-state index is -0.452. The molecule has 0 saturated heterocycles. The first-order valence-electron chi connectivity index (χ1n) is 7.20. The van der Waals surface area contributed by atoms with E-state index < -0.39 is 4.92 Å². The number of rotatable bonds is 5. The number of aromatic amines is 1. The molecule has 0 aliphatic rings. The van der Waals surface area contributed by atoms with E-state index in [1.54, 1.807) is 0 Å². The van der Waals surface area contributed by atoms with Crippen LogP contribution >= 0.6 is 11.6 Å². The molecule has 0 bridgehead atoms. The van der Waals surface area contributed by atoms with Crippen LogP contribution in [-0.2, 0) is 6.54 Å². The Balaban J connectivity index is 1.99. The molecule has 2 aromatic heterocycles. The third-order valence-corrected chi connectivity index (χ3v) is 3.93. The fraction of sp³-hybridized carbons (Fsp3) is 0.188. The Kier molecular flexibility index (Phi) is 4.16. The number of halogens is 1. The molecule has 3 rings (SSSR count). The van der Waals surface area contributed by atoms with Gasteiger partial charge in [-0.3, -0.25) is 10.1 Å². The monoisotopic (exact) mass is 330 g/mol. The van der Waals surface area contributed by atoms with E-state index in [2.05, 4.69) is 9.97 Å². The molecule has 0 spiro atoms. The van der Waals surface area contributed by atoms with E-state index in [0.29, 0.717) is 18.9 Å². The molecular weight excluding hydrogens is 316 g/mol. The van der Waals surface area contributed by atoms with Gasteiger partial charge in [-0.25, -0.2) is 4.98 Å². The van der Waals surface area contributed by atoms with Gasteiger partial charge >= 0.3 is 5.69 Å². The maximum Gasteiger partial charge on any atom is 0.313 e. The summed E-state index contributed by atoms with van der Waals surface area (Å²) in [6.45, 7) is 3.06. The maximum absolute atomic E-state index is 11.3. The van der Waals surface area contributed by atoms with Gasteiger partial charge in [-0.05, 0) is 18.6 Å². The van der Waals surface area contributed by atoms with Crippen LogP contribution < -0.4 is 4.90 Å². The zero-order valence-corrected chi connectivity index (χ0v) is 13.2. The van der Waals surface area contributed by atoms with E-state index in [1.807, 2.05) is 42.3 Å². The lowest BCUT2D eigenvalue weighted by molar-refractivity contribution is -0.384. The fourth-order valence-corrected chi connectivity index (χ4v) is 2.76. The van der Waals surface area contributed by atoms with E-state index in [1.165, 1.54) is 12.3 Å². The van der Waals surface area contributed by atoms with Crippen molar-refractivity contribution in [3.8, 4) is 0 Å². The van der Waals surface area contributed by atoms with Gasteiger partial charge < -0.3 is 9.88 Å². The summed E-state index contributed by atoms with van der Waals surface area (Å²) in [6.07, 6.45) is 3.36. The van der Waals surface area contributed by atoms with Gasteiger partial charge in [-0.2, -0.15) is 0 Å². The number of H-pyrrole nitrogens is 1. The van der Waals surface area contributed by atoms with Crippen molar-refractivity contribution in [1.29, 1.82) is 0 Å². The van der Waals surface area contributed by atoms with Crippen molar-refractivity contribution in [1.82, 2.24) is 9.97 Å². The van der Waals surface area contributed by atoms with Gasteiger partial charge in [-0.15, -0.1) is 0 Å². The van der Waals surface area contributed by atoms with Crippen molar-refractivity contribution in [3.63, 3.8) is 0 Å². The summed E-state index contributed by atoms with van der Waals surface area (Å²) >= 11 is 5.84. The number of nitrogens with zero attached hydrogens (tertiary/aromatic N) is 3. The van der Waals surface area contributed by atoms with Crippen molar-refractivity contribution >= 4 is 34.0 Å². The Bertz CT molecular complexity index is 862. The van der Waals surface area contributed by atoms with Gasteiger partial charge in [-0.1, -0.05) is 29.8 Å². The number of nitrogens with one attached hydrogen (secondary N) is 1. The molecule has 1 N–H and O–H groups in total. The molecule has 0 aliphatic heterocycles. The van der Waals surface area contributed by atoms with Crippen molar-refractivity contribution in [3.05, 3.63) is 63.4 Å². The smallest absolute Gasteiger partial charge is 0.313 e. The fourth-order valence-electron chi connectivity index (χ4n) is 2.60. The standard InChI is InChI=1S/C16H15ClN4O2/c1-2-20(16-15(21(22)23)7-12(17)9-19-16)10-11-8-18-14-6-4-3-5-13(11)14/h3-9,18H,2,10H2,1H3. The highest BCUT2D eigenvalue weighted by molar-refractivity contribution is 6.30.